The molecular weight excluding hydrogens is 232 g/mol. The molecular formula is C13H14N2O3. The Morgan fingerprint density at radius 2 is 2.11 bits per heavy atom. The second-order valence-electron chi connectivity index (χ2n) is 3.95. The van der Waals surface area contributed by atoms with Gasteiger partial charge < -0.3 is 9.15 Å². The molecule has 1 heterocycles. The number of benzene rings is 1. The molecule has 0 saturated carbocycles. The van der Waals surface area contributed by atoms with Crippen LogP contribution in [0.2, 0.25) is 0 Å². The van der Waals surface area contributed by atoms with Crippen LogP contribution in [0.5, 0.6) is 0 Å². The smallest absolute Gasteiger partial charge is 0.396 e. The lowest BCUT2D eigenvalue weighted by Gasteiger charge is -2.01. The van der Waals surface area contributed by atoms with E-state index in [0.717, 1.165) is 16.7 Å². The van der Waals surface area contributed by atoms with E-state index in [1.807, 2.05) is 32.0 Å². The molecule has 94 valence electrons. The second kappa shape index (κ2) is 5.00. The van der Waals surface area contributed by atoms with Gasteiger partial charge >= 0.3 is 11.9 Å². The Hall–Kier alpha value is -2.17. The summed E-state index contributed by atoms with van der Waals surface area (Å²) in [5.74, 6) is -0.386. The number of hydrogen-bond donors (Lipinski definition) is 0. The Labute approximate surface area is 105 Å². The number of ether oxygens (including phenoxy) is 1. The summed E-state index contributed by atoms with van der Waals surface area (Å²) in [5, 5.41) is 7.55. The molecule has 1 aromatic carbocycles. The fourth-order valence-electron chi connectivity index (χ4n) is 1.66. The molecule has 18 heavy (non-hydrogen) atoms. The number of carbonyl (C=O) groups excluding carboxylic acids is 1. The van der Waals surface area contributed by atoms with Crippen molar-refractivity contribution in [1.82, 2.24) is 10.2 Å². The van der Waals surface area contributed by atoms with Crippen molar-refractivity contribution in [1.29, 1.82) is 0 Å². The highest BCUT2D eigenvalue weighted by atomic mass is 16.5. The summed E-state index contributed by atoms with van der Waals surface area (Å²) in [7, 11) is 0. The first-order valence-corrected chi connectivity index (χ1v) is 5.70. The van der Waals surface area contributed by atoms with Gasteiger partial charge in [0.05, 0.1) is 6.61 Å². The van der Waals surface area contributed by atoms with E-state index in [1.165, 1.54) is 0 Å². The van der Waals surface area contributed by atoms with Crippen LogP contribution in [-0.4, -0.2) is 22.8 Å². The summed E-state index contributed by atoms with van der Waals surface area (Å²) < 4.78 is 10.1. The van der Waals surface area contributed by atoms with Crippen molar-refractivity contribution in [2.45, 2.75) is 20.8 Å². The maximum Gasteiger partial charge on any atom is 0.396 e. The van der Waals surface area contributed by atoms with E-state index >= 15 is 0 Å². The van der Waals surface area contributed by atoms with Gasteiger partial charge in [0.2, 0.25) is 5.89 Å². The third-order valence-corrected chi connectivity index (χ3v) is 2.49. The van der Waals surface area contributed by atoms with Crippen molar-refractivity contribution < 1.29 is 13.9 Å². The van der Waals surface area contributed by atoms with Gasteiger partial charge in [-0.05, 0) is 32.4 Å². The first-order valence-electron chi connectivity index (χ1n) is 5.70. The van der Waals surface area contributed by atoms with Gasteiger partial charge in [0, 0.05) is 5.56 Å². The summed E-state index contributed by atoms with van der Waals surface area (Å²) in [5.41, 5.74) is 3.00. The van der Waals surface area contributed by atoms with Crippen molar-refractivity contribution in [3.05, 3.63) is 35.2 Å². The predicted octanol–water partition coefficient (Wildman–Crippen LogP) is 2.53. The zero-order chi connectivity index (χ0) is 13.1. The molecule has 2 aromatic rings. The summed E-state index contributed by atoms with van der Waals surface area (Å²) in [6, 6.07) is 5.87. The number of aromatic nitrogens is 2. The lowest BCUT2D eigenvalue weighted by atomic mass is 10.1. The third-order valence-electron chi connectivity index (χ3n) is 2.49. The Morgan fingerprint density at radius 3 is 2.78 bits per heavy atom. The molecule has 0 aliphatic rings. The van der Waals surface area contributed by atoms with Gasteiger partial charge in [-0.2, -0.15) is 0 Å². The number of esters is 1. The van der Waals surface area contributed by atoms with Gasteiger partial charge in [-0.1, -0.05) is 17.7 Å². The van der Waals surface area contributed by atoms with E-state index < -0.39 is 5.97 Å². The Balaban J connectivity index is 2.32. The SMILES string of the molecule is CCOC(=O)c1nnc(-c2ccc(C)cc2C)o1. The second-order valence-corrected chi connectivity index (χ2v) is 3.95. The Bertz CT molecular complexity index is 575. The highest BCUT2D eigenvalue weighted by Gasteiger charge is 2.17. The normalized spacial score (nSPS) is 10.4. The van der Waals surface area contributed by atoms with Gasteiger partial charge in [0.15, 0.2) is 0 Å². The first-order chi connectivity index (χ1) is 8.61. The molecule has 5 heteroatoms. The average Bonchev–Trinajstić information content (AvgIpc) is 2.78. The Morgan fingerprint density at radius 1 is 1.33 bits per heavy atom. The van der Waals surface area contributed by atoms with E-state index in [1.54, 1.807) is 6.92 Å². The van der Waals surface area contributed by atoms with E-state index in [2.05, 4.69) is 10.2 Å². The third kappa shape index (κ3) is 2.40. The Kier molecular flexibility index (Phi) is 3.41. The van der Waals surface area contributed by atoms with Crippen molar-refractivity contribution in [2.24, 2.45) is 0 Å². The van der Waals surface area contributed by atoms with Crippen LogP contribution in [0.4, 0.5) is 0 Å². The number of hydrogen-bond acceptors (Lipinski definition) is 5. The van der Waals surface area contributed by atoms with E-state index in [4.69, 9.17) is 9.15 Å². The molecule has 2 rings (SSSR count). The predicted molar refractivity (Wildman–Crippen MR) is 65.2 cm³/mol. The molecule has 0 fully saturated rings. The molecule has 0 N–H and O–H groups in total. The monoisotopic (exact) mass is 246 g/mol. The van der Waals surface area contributed by atoms with Crippen molar-refractivity contribution in [3.8, 4) is 11.5 Å². The van der Waals surface area contributed by atoms with E-state index in [0.29, 0.717) is 5.89 Å². The fraction of sp³-hybridized carbons (Fsp3) is 0.308. The zero-order valence-corrected chi connectivity index (χ0v) is 10.6. The van der Waals surface area contributed by atoms with Gasteiger partial charge in [-0.15, -0.1) is 10.2 Å². The van der Waals surface area contributed by atoms with E-state index in [9.17, 15) is 4.79 Å². The topological polar surface area (TPSA) is 65.2 Å². The number of nitrogens with zero attached hydrogens (tertiary/aromatic N) is 2. The summed E-state index contributed by atoms with van der Waals surface area (Å²) in [4.78, 5) is 11.4. The van der Waals surface area contributed by atoms with Crippen LogP contribution in [0, 0.1) is 13.8 Å². The minimum Gasteiger partial charge on any atom is -0.459 e. The quantitative estimate of drug-likeness (QED) is 0.778. The highest BCUT2D eigenvalue weighted by molar-refractivity contribution is 5.84. The minimum atomic E-state index is -0.596. The summed E-state index contributed by atoms with van der Waals surface area (Å²) in [6.07, 6.45) is 0. The zero-order valence-electron chi connectivity index (χ0n) is 10.6. The molecule has 0 bridgehead atoms. The molecule has 0 atom stereocenters. The van der Waals surface area contributed by atoms with Crippen molar-refractivity contribution in [3.63, 3.8) is 0 Å². The standard InChI is InChI=1S/C13H14N2O3/c1-4-17-13(16)12-15-14-11(18-12)10-6-5-8(2)7-9(10)3/h5-7H,4H2,1-3H3. The summed E-state index contributed by atoms with van der Waals surface area (Å²) in [6.45, 7) is 5.96. The van der Waals surface area contributed by atoms with Gasteiger partial charge in [-0.3, -0.25) is 0 Å². The van der Waals surface area contributed by atoms with Crippen LogP contribution in [0.3, 0.4) is 0 Å². The largest absolute Gasteiger partial charge is 0.459 e. The average molecular weight is 246 g/mol. The van der Waals surface area contributed by atoms with E-state index in [-0.39, 0.29) is 12.5 Å². The molecule has 5 nitrogen and oxygen atoms in total. The molecule has 0 aliphatic carbocycles. The lowest BCUT2D eigenvalue weighted by molar-refractivity contribution is 0.0481. The highest BCUT2D eigenvalue weighted by Crippen LogP contribution is 2.23. The number of carbonyl (C=O) groups is 1. The summed E-state index contributed by atoms with van der Waals surface area (Å²) >= 11 is 0. The molecule has 0 radical (unpaired) electrons. The fourth-order valence-corrected chi connectivity index (χ4v) is 1.66. The van der Waals surface area contributed by atoms with Crippen LogP contribution in [0.15, 0.2) is 22.6 Å². The maximum absolute atomic E-state index is 11.4. The van der Waals surface area contributed by atoms with Crippen molar-refractivity contribution >= 4 is 5.97 Å². The number of rotatable bonds is 3. The minimum absolute atomic E-state index is 0.119. The van der Waals surface area contributed by atoms with Crippen LogP contribution in [0.1, 0.15) is 28.7 Å². The lowest BCUT2D eigenvalue weighted by Crippen LogP contribution is -2.04. The van der Waals surface area contributed by atoms with Crippen LogP contribution in [-0.2, 0) is 4.74 Å². The number of aryl methyl sites for hydroxylation is 2. The van der Waals surface area contributed by atoms with Crippen molar-refractivity contribution in [2.75, 3.05) is 6.61 Å². The molecule has 0 spiro atoms. The molecule has 0 saturated heterocycles. The van der Waals surface area contributed by atoms with Crippen LogP contribution >= 0.6 is 0 Å². The molecule has 1 aromatic heterocycles. The van der Waals surface area contributed by atoms with Crippen LogP contribution in [0.25, 0.3) is 11.5 Å². The van der Waals surface area contributed by atoms with Gasteiger partial charge in [0.25, 0.3) is 0 Å². The maximum atomic E-state index is 11.4. The molecule has 0 unspecified atom stereocenters. The first kappa shape index (κ1) is 12.3. The van der Waals surface area contributed by atoms with Crippen LogP contribution < -0.4 is 0 Å². The van der Waals surface area contributed by atoms with Gasteiger partial charge in [0.1, 0.15) is 0 Å². The molecule has 0 aliphatic heterocycles. The molecule has 0 amide bonds. The van der Waals surface area contributed by atoms with Gasteiger partial charge in [-0.25, -0.2) is 4.79 Å².